The fourth-order valence-corrected chi connectivity index (χ4v) is 8.05. The minimum Gasteiger partial charge on any atom is -0.456 e. The summed E-state index contributed by atoms with van der Waals surface area (Å²) in [6.45, 7) is 0. The van der Waals surface area contributed by atoms with Gasteiger partial charge in [-0.15, -0.1) is 0 Å². The van der Waals surface area contributed by atoms with Crippen molar-refractivity contribution in [1.82, 2.24) is 9.97 Å². The van der Waals surface area contributed by atoms with Crippen LogP contribution in [0.2, 0.25) is 0 Å². The van der Waals surface area contributed by atoms with E-state index in [0.717, 1.165) is 88.9 Å². The molecule has 4 heteroatoms. The van der Waals surface area contributed by atoms with Crippen LogP contribution in [0.4, 0.5) is 17.1 Å². The van der Waals surface area contributed by atoms with E-state index in [2.05, 4.69) is 169 Å². The molecule has 0 saturated carbocycles. The highest BCUT2D eigenvalue weighted by Gasteiger charge is 2.17. The molecule has 2 aromatic heterocycles. The lowest BCUT2D eigenvalue weighted by atomic mass is 9.97. The van der Waals surface area contributed by atoms with E-state index >= 15 is 0 Å². The number of rotatable bonds is 6. The summed E-state index contributed by atoms with van der Waals surface area (Å²) in [6.07, 6.45) is 0. The Morgan fingerprint density at radius 2 is 0.911 bits per heavy atom. The van der Waals surface area contributed by atoms with Gasteiger partial charge in [-0.1, -0.05) is 133 Å². The van der Waals surface area contributed by atoms with E-state index in [4.69, 9.17) is 14.4 Å². The van der Waals surface area contributed by atoms with Crippen LogP contribution < -0.4 is 4.90 Å². The highest BCUT2D eigenvalue weighted by atomic mass is 16.3. The zero-order valence-corrected chi connectivity index (χ0v) is 30.3. The molecule has 11 rings (SSSR count). The van der Waals surface area contributed by atoms with Gasteiger partial charge in [-0.2, -0.15) is 0 Å². The maximum absolute atomic E-state index is 6.16. The molecular weight excluding hydrogens is 683 g/mol. The summed E-state index contributed by atoms with van der Waals surface area (Å²) in [7, 11) is 0. The molecule has 0 N–H and O–H groups in total. The van der Waals surface area contributed by atoms with Crippen molar-refractivity contribution in [2.75, 3.05) is 4.90 Å². The Morgan fingerprint density at radius 1 is 0.339 bits per heavy atom. The first-order valence-electron chi connectivity index (χ1n) is 18.9. The largest absolute Gasteiger partial charge is 0.456 e. The lowest BCUT2D eigenvalue weighted by Crippen LogP contribution is -2.09. The molecule has 0 spiro atoms. The molecule has 0 amide bonds. The number of nitrogens with zero attached hydrogens (tertiary/aromatic N) is 3. The Hall–Kier alpha value is -7.56. The van der Waals surface area contributed by atoms with Crippen LogP contribution in [0.3, 0.4) is 0 Å². The molecule has 0 fully saturated rings. The fourth-order valence-electron chi connectivity index (χ4n) is 8.05. The van der Waals surface area contributed by atoms with Gasteiger partial charge in [0.15, 0.2) is 0 Å². The van der Waals surface area contributed by atoms with E-state index < -0.39 is 0 Å². The maximum atomic E-state index is 6.16. The van der Waals surface area contributed by atoms with Crippen molar-refractivity contribution in [2.24, 2.45) is 0 Å². The summed E-state index contributed by atoms with van der Waals surface area (Å²) < 4.78 is 6.16. The maximum Gasteiger partial charge on any atom is 0.135 e. The summed E-state index contributed by atoms with van der Waals surface area (Å²) in [6, 6.07) is 70.3. The molecule has 0 saturated heterocycles. The number of anilines is 3. The van der Waals surface area contributed by atoms with Crippen molar-refractivity contribution in [3.05, 3.63) is 200 Å². The van der Waals surface area contributed by atoms with E-state index in [9.17, 15) is 0 Å². The molecule has 0 unspecified atom stereocenters. The second kappa shape index (κ2) is 13.1. The highest BCUT2D eigenvalue weighted by molar-refractivity contribution is 6.08. The van der Waals surface area contributed by atoms with E-state index in [0.29, 0.717) is 0 Å². The van der Waals surface area contributed by atoms with Crippen LogP contribution in [0.5, 0.6) is 0 Å². The van der Waals surface area contributed by atoms with Gasteiger partial charge in [-0.25, -0.2) is 9.97 Å². The summed E-state index contributed by atoms with van der Waals surface area (Å²) >= 11 is 0. The average molecular weight is 716 g/mol. The van der Waals surface area contributed by atoms with E-state index in [1.807, 2.05) is 36.4 Å². The smallest absolute Gasteiger partial charge is 0.135 e. The van der Waals surface area contributed by atoms with Gasteiger partial charge in [0.25, 0.3) is 0 Å². The Kier molecular flexibility index (Phi) is 7.46. The number of benzene rings is 9. The van der Waals surface area contributed by atoms with Gasteiger partial charge in [-0.3, -0.25) is 0 Å². The van der Waals surface area contributed by atoms with Gasteiger partial charge < -0.3 is 9.32 Å². The van der Waals surface area contributed by atoms with Crippen LogP contribution in [0.25, 0.3) is 88.2 Å². The number of aromatic nitrogens is 2. The van der Waals surface area contributed by atoms with Gasteiger partial charge in [0.2, 0.25) is 0 Å². The number of para-hydroxylation sites is 2. The third-order valence-corrected chi connectivity index (χ3v) is 10.8. The molecule has 2 heterocycles. The van der Waals surface area contributed by atoms with Crippen molar-refractivity contribution < 1.29 is 4.42 Å². The van der Waals surface area contributed by atoms with Crippen LogP contribution in [0, 0.1) is 0 Å². The van der Waals surface area contributed by atoms with Crippen molar-refractivity contribution in [3.8, 4) is 33.6 Å². The Morgan fingerprint density at radius 3 is 1.70 bits per heavy atom. The zero-order valence-electron chi connectivity index (χ0n) is 30.3. The number of furan rings is 1. The normalized spacial score (nSPS) is 11.6. The SMILES string of the molecule is c1ccc(-c2nc3ccc4cc(-c5ccc6cc(N(c7ccccc7)c7ccc8oc9ccccc9c8c7)ccc6c5)ccc4c3nc2-c2ccccc2)cc1. The second-order valence-corrected chi connectivity index (χ2v) is 14.2. The van der Waals surface area contributed by atoms with Gasteiger partial charge in [0.05, 0.1) is 22.4 Å². The van der Waals surface area contributed by atoms with Crippen LogP contribution in [-0.4, -0.2) is 9.97 Å². The van der Waals surface area contributed by atoms with Gasteiger partial charge >= 0.3 is 0 Å². The van der Waals surface area contributed by atoms with Gasteiger partial charge in [0.1, 0.15) is 11.2 Å². The molecule has 0 aliphatic carbocycles. The molecule has 56 heavy (non-hydrogen) atoms. The van der Waals surface area contributed by atoms with Crippen LogP contribution in [0.15, 0.2) is 205 Å². The molecule has 262 valence electrons. The summed E-state index contributed by atoms with van der Waals surface area (Å²) in [5.41, 5.74) is 13.0. The van der Waals surface area contributed by atoms with E-state index in [1.165, 1.54) is 16.3 Å². The minimum absolute atomic E-state index is 0.882. The molecule has 0 radical (unpaired) electrons. The van der Waals surface area contributed by atoms with Crippen LogP contribution in [0.1, 0.15) is 0 Å². The molecule has 11 aromatic rings. The van der Waals surface area contributed by atoms with Crippen molar-refractivity contribution in [2.45, 2.75) is 0 Å². The summed E-state index contributed by atoms with van der Waals surface area (Å²) in [5.74, 6) is 0. The quantitative estimate of drug-likeness (QED) is 0.161. The number of hydrogen-bond acceptors (Lipinski definition) is 4. The van der Waals surface area contributed by atoms with Crippen LogP contribution >= 0.6 is 0 Å². The second-order valence-electron chi connectivity index (χ2n) is 14.2. The fraction of sp³-hybridized carbons (Fsp3) is 0. The van der Waals surface area contributed by atoms with Crippen LogP contribution in [-0.2, 0) is 0 Å². The predicted octanol–water partition coefficient (Wildman–Crippen LogP) is 14.3. The average Bonchev–Trinajstić information content (AvgIpc) is 3.65. The summed E-state index contributed by atoms with van der Waals surface area (Å²) in [4.78, 5) is 12.8. The zero-order chi connectivity index (χ0) is 37.0. The highest BCUT2D eigenvalue weighted by Crippen LogP contribution is 2.40. The molecule has 0 aliphatic heterocycles. The first kappa shape index (κ1) is 31.9. The lowest BCUT2D eigenvalue weighted by molar-refractivity contribution is 0.669. The lowest BCUT2D eigenvalue weighted by Gasteiger charge is -2.26. The first-order chi connectivity index (χ1) is 27.7. The standard InChI is InChI=1S/C52H33N3O/c1-4-12-34(13-5-1)50-51(35-14-6-2-7-15-35)54-52-44-27-23-38(31-40(44)24-28-47(52)53-50)36-20-21-39-32-42(25-22-37(39)30-36)55(41-16-8-3-9-17-41)43-26-29-49-46(33-43)45-18-10-11-19-48(45)56-49/h1-33H. The molecule has 9 aromatic carbocycles. The molecule has 4 nitrogen and oxygen atoms in total. The predicted molar refractivity (Wildman–Crippen MR) is 233 cm³/mol. The minimum atomic E-state index is 0.882. The number of fused-ring (bicyclic) bond motifs is 7. The summed E-state index contributed by atoms with van der Waals surface area (Å²) in [5, 5.41) is 6.80. The Bertz CT molecular complexity index is 3250. The van der Waals surface area contributed by atoms with Crippen molar-refractivity contribution in [3.63, 3.8) is 0 Å². The molecule has 0 aliphatic rings. The topological polar surface area (TPSA) is 42.2 Å². The third-order valence-electron chi connectivity index (χ3n) is 10.8. The third kappa shape index (κ3) is 5.47. The van der Waals surface area contributed by atoms with E-state index in [1.54, 1.807) is 0 Å². The van der Waals surface area contributed by atoms with Gasteiger partial charge in [-0.05, 0) is 94.0 Å². The van der Waals surface area contributed by atoms with Crippen molar-refractivity contribution >= 4 is 71.6 Å². The first-order valence-corrected chi connectivity index (χ1v) is 18.9. The molecule has 0 atom stereocenters. The van der Waals surface area contributed by atoms with Gasteiger partial charge in [0, 0.05) is 44.3 Å². The molecular formula is C52H33N3O. The monoisotopic (exact) mass is 715 g/mol. The van der Waals surface area contributed by atoms with Crippen molar-refractivity contribution in [1.29, 1.82) is 0 Å². The molecule has 0 bridgehead atoms. The number of hydrogen-bond donors (Lipinski definition) is 0. The Balaban J connectivity index is 0.978. The van der Waals surface area contributed by atoms with E-state index in [-0.39, 0.29) is 0 Å². The Labute approximate surface area is 323 Å².